The number of methoxy groups -OCH3 is 1. The summed E-state index contributed by atoms with van der Waals surface area (Å²) >= 11 is 5.13. The van der Waals surface area contributed by atoms with E-state index in [4.69, 9.17) is 23.7 Å². The molecule has 0 radical (unpaired) electrons. The smallest absolute Gasteiger partial charge is 0.305 e. The molecular formula is C33H42F2N4O2S. The number of allylic oxidation sites excluding steroid dienone is 3. The van der Waals surface area contributed by atoms with Gasteiger partial charge >= 0.3 is 5.97 Å². The van der Waals surface area contributed by atoms with Crippen LogP contribution in [0.4, 0.5) is 14.5 Å². The van der Waals surface area contributed by atoms with Crippen LogP contribution in [0.5, 0.6) is 0 Å². The second-order valence-corrected chi connectivity index (χ2v) is 10.2. The number of aryl methyl sites for hydroxylation is 2. The number of esters is 1. The number of ether oxygens (including phenoxy) is 1. The predicted octanol–water partition coefficient (Wildman–Crippen LogP) is 7.15. The summed E-state index contributed by atoms with van der Waals surface area (Å²) < 4.78 is 33.2. The number of carbonyl (C=O) groups is 1. The summed E-state index contributed by atoms with van der Waals surface area (Å²) in [5, 5.41) is 3.34. The van der Waals surface area contributed by atoms with Crippen LogP contribution >= 0.6 is 12.2 Å². The van der Waals surface area contributed by atoms with Gasteiger partial charge in [0.1, 0.15) is 10.8 Å². The van der Waals surface area contributed by atoms with Crippen LogP contribution in [0, 0.1) is 24.0 Å². The lowest BCUT2D eigenvalue weighted by Gasteiger charge is -2.40. The molecule has 0 saturated carbocycles. The molecule has 6 nitrogen and oxygen atoms in total. The Morgan fingerprint density at radius 1 is 1.21 bits per heavy atom. The number of nitrogens with one attached hydrogen (secondary N) is 1. The molecule has 0 saturated heterocycles. The monoisotopic (exact) mass is 596 g/mol. The van der Waals surface area contributed by atoms with Crippen molar-refractivity contribution in [3.8, 4) is 0 Å². The molecule has 1 atom stereocenters. The molecule has 1 unspecified atom stereocenters. The van der Waals surface area contributed by atoms with Gasteiger partial charge in [-0.15, -0.1) is 0 Å². The van der Waals surface area contributed by atoms with E-state index in [0.29, 0.717) is 47.8 Å². The number of thiocarbonyl (C=S) groups is 1. The summed E-state index contributed by atoms with van der Waals surface area (Å²) in [7, 11) is 1.37. The zero-order valence-electron chi connectivity index (χ0n) is 25.2. The molecule has 5 N–H and O–H groups in total. The number of halogens is 2. The van der Waals surface area contributed by atoms with Gasteiger partial charge in [0.15, 0.2) is 11.6 Å². The molecule has 1 aliphatic heterocycles. The van der Waals surface area contributed by atoms with Crippen LogP contribution < -0.4 is 16.8 Å². The molecule has 1 aliphatic carbocycles. The Hall–Kier alpha value is -3.69. The van der Waals surface area contributed by atoms with E-state index in [0.717, 1.165) is 40.8 Å². The lowest BCUT2D eigenvalue weighted by atomic mass is 9.63. The van der Waals surface area contributed by atoms with Crippen LogP contribution in [0.2, 0.25) is 0 Å². The first kappa shape index (κ1) is 34.5. The standard InChI is InChI=1S/C26H25F2N3S.C5H11NO2.C2H6/c1-4-17-13-18(6-8-19(17)24(29)32)31-25-16(3)14-26(11-12-30-25)10-9-21(26)20-7-5-15(2)22(27)23(20)28;1-8-5(7)3-2-4-6;1-2/h5-9,11-13H,3-4,10,14H2,1-2H3,(H2,29,32)(H,30,31);2-4,6H2,1H3;1-2H3. The van der Waals surface area contributed by atoms with E-state index in [1.807, 2.05) is 51.1 Å². The molecule has 2 aromatic rings. The van der Waals surface area contributed by atoms with Crippen molar-refractivity contribution < 1.29 is 18.3 Å². The third-order valence-corrected chi connectivity index (χ3v) is 7.28. The van der Waals surface area contributed by atoms with Crippen LogP contribution in [0.1, 0.15) is 68.7 Å². The summed E-state index contributed by atoms with van der Waals surface area (Å²) in [6.07, 6.45) is 8.86. The van der Waals surface area contributed by atoms with Crippen molar-refractivity contribution in [1.82, 2.24) is 0 Å². The fraction of sp³-hybridized carbons (Fsp3) is 0.364. The summed E-state index contributed by atoms with van der Waals surface area (Å²) in [6, 6.07) is 9.09. The van der Waals surface area contributed by atoms with Gasteiger partial charge in [-0.25, -0.2) is 13.8 Å². The number of amidine groups is 1. The second-order valence-electron chi connectivity index (χ2n) is 9.79. The van der Waals surface area contributed by atoms with Crippen LogP contribution in [-0.2, 0) is 16.0 Å². The van der Waals surface area contributed by atoms with Gasteiger partial charge in [-0.05, 0) is 79.6 Å². The lowest BCUT2D eigenvalue weighted by Crippen LogP contribution is -2.29. The molecule has 2 aliphatic rings. The van der Waals surface area contributed by atoms with Crippen molar-refractivity contribution >= 4 is 40.3 Å². The van der Waals surface area contributed by atoms with Gasteiger partial charge in [0.2, 0.25) is 0 Å². The molecule has 0 bridgehead atoms. The third-order valence-electron chi connectivity index (χ3n) is 7.06. The van der Waals surface area contributed by atoms with Crippen molar-refractivity contribution in [3.05, 3.63) is 94.7 Å². The third kappa shape index (κ3) is 8.20. The average Bonchev–Trinajstić information content (AvgIpc) is 3.16. The first-order valence-electron chi connectivity index (χ1n) is 14.1. The highest BCUT2D eigenvalue weighted by molar-refractivity contribution is 7.80. The summed E-state index contributed by atoms with van der Waals surface area (Å²) in [6.45, 7) is 12.4. The first-order chi connectivity index (χ1) is 20.1. The molecule has 2 aromatic carbocycles. The van der Waals surface area contributed by atoms with Gasteiger partial charge in [-0.2, -0.15) is 0 Å². The molecule has 1 heterocycles. The van der Waals surface area contributed by atoms with Crippen LogP contribution in [0.3, 0.4) is 0 Å². The first-order valence-corrected chi connectivity index (χ1v) is 14.5. The Morgan fingerprint density at radius 2 is 1.93 bits per heavy atom. The number of rotatable bonds is 7. The quantitative estimate of drug-likeness (QED) is 0.232. The van der Waals surface area contributed by atoms with E-state index >= 15 is 0 Å². The van der Waals surface area contributed by atoms with Crippen LogP contribution in [0.15, 0.2) is 65.8 Å². The summed E-state index contributed by atoms with van der Waals surface area (Å²) in [5.41, 5.74) is 15.4. The highest BCUT2D eigenvalue weighted by atomic mass is 32.1. The van der Waals surface area contributed by atoms with Gasteiger partial charge in [0.25, 0.3) is 0 Å². The topological polar surface area (TPSA) is 103 Å². The maximum Gasteiger partial charge on any atom is 0.305 e. The van der Waals surface area contributed by atoms with E-state index < -0.39 is 17.0 Å². The highest BCUT2D eigenvalue weighted by Gasteiger charge is 2.41. The fourth-order valence-electron chi connectivity index (χ4n) is 4.70. The van der Waals surface area contributed by atoms with Gasteiger partial charge in [0.05, 0.1) is 7.11 Å². The Labute approximate surface area is 253 Å². The Morgan fingerprint density at radius 3 is 2.50 bits per heavy atom. The number of hydrogen-bond donors (Lipinski definition) is 3. The van der Waals surface area contributed by atoms with Gasteiger partial charge < -0.3 is 21.5 Å². The van der Waals surface area contributed by atoms with Crippen molar-refractivity contribution in [2.45, 2.75) is 59.8 Å². The molecule has 4 rings (SSSR count). The van der Waals surface area contributed by atoms with Crippen LogP contribution in [0.25, 0.3) is 5.57 Å². The highest BCUT2D eigenvalue weighted by Crippen LogP contribution is 2.53. The number of nitrogens with two attached hydrogens (primary N) is 2. The van der Waals surface area contributed by atoms with E-state index in [2.05, 4.69) is 21.6 Å². The average molecular weight is 597 g/mol. The van der Waals surface area contributed by atoms with Crippen molar-refractivity contribution in [2.75, 3.05) is 19.0 Å². The predicted molar refractivity (Wildman–Crippen MR) is 173 cm³/mol. The minimum Gasteiger partial charge on any atom is -0.469 e. The zero-order valence-corrected chi connectivity index (χ0v) is 26.0. The fourth-order valence-corrected chi connectivity index (χ4v) is 4.90. The van der Waals surface area contributed by atoms with Crippen LogP contribution in [-0.4, -0.2) is 30.4 Å². The molecule has 9 heteroatoms. The molecule has 0 amide bonds. The molecule has 0 fully saturated rings. The van der Waals surface area contributed by atoms with Crippen molar-refractivity contribution in [1.29, 1.82) is 0 Å². The van der Waals surface area contributed by atoms with Gasteiger partial charge in [0, 0.05) is 34.9 Å². The van der Waals surface area contributed by atoms with Gasteiger partial charge in [-0.3, -0.25) is 4.79 Å². The van der Waals surface area contributed by atoms with E-state index in [1.54, 1.807) is 25.3 Å². The number of anilines is 1. The largest absolute Gasteiger partial charge is 0.469 e. The number of hydrogen-bond acceptors (Lipinski definition) is 6. The van der Waals surface area contributed by atoms with E-state index in [9.17, 15) is 13.6 Å². The number of benzene rings is 2. The minimum atomic E-state index is -0.803. The molecule has 1 spiro atoms. The Balaban J connectivity index is 0.000000535. The summed E-state index contributed by atoms with van der Waals surface area (Å²) in [5.74, 6) is -1.14. The molecule has 42 heavy (non-hydrogen) atoms. The number of carbonyl (C=O) groups excluding carboxylic acids is 1. The zero-order chi connectivity index (χ0) is 31.4. The summed E-state index contributed by atoms with van der Waals surface area (Å²) in [4.78, 5) is 15.2. The Bertz CT molecular complexity index is 1400. The van der Waals surface area contributed by atoms with Crippen molar-refractivity contribution in [2.24, 2.45) is 21.9 Å². The van der Waals surface area contributed by atoms with Crippen molar-refractivity contribution in [3.63, 3.8) is 0 Å². The number of aliphatic imine (C=N–C) groups is 1. The molecular weight excluding hydrogens is 554 g/mol. The Kier molecular flexibility index (Phi) is 13.2. The molecule has 226 valence electrons. The van der Waals surface area contributed by atoms with E-state index in [-0.39, 0.29) is 5.97 Å². The van der Waals surface area contributed by atoms with E-state index in [1.165, 1.54) is 7.11 Å². The lowest BCUT2D eigenvalue weighted by molar-refractivity contribution is -0.140. The maximum atomic E-state index is 14.7. The normalized spacial score (nSPS) is 16.9. The second kappa shape index (κ2) is 16.1. The number of nitrogens with zero attached hydrogens (tertiary/aromatic N) is 1. The minimum absolute atomic E-state index is 0.185. The maximum absolute atomic E-state index is 14.7. The van der Waals surface area contributed by atoms with Gasteiger partial charge in [-0.1, -0.05) is 63.9 Å². The SMILES string of the molecule is C=C1CC2(C=CN=C1Nc1ccc(C(N)=S)c(CC)c1)CC=C2c1ccc(C)c(F)c1F.CC.COC(=O)CCCN. The molecule has 0 aromatic heterocycles.